The Morgan fingerprint density at radius 3 is 2.64 bits per heavy atom. The number of imidazole rings is 1. The van der Waals surface area contributed by atoms with E-state index in [1.807, 2.05) is 23.2 Å². The molecule has 28 heavy (non-hydrogen) atoms. The number of nitrogens with zero attached hydrogens (tertiary/aromatic N) is 5. The molecule has 138 valence electrons. The fourth-order valence-electron chi connectivity index (χ4n) is 4.46. The summed E-state index contributed by atoms with van der Waals surface area (Å²) in [4.78, 5) is 23.7. The second kappa shape index (κ2) is 6.61. The Balaban J connectivity index is 1.40. The van der Waals surface area contributed by atoms with Gasteiger partial charge in [-0.05, 0) is 48.7 Å². The van der Waals surface area contributed by atoms with Crippen molar-refractivity contribution in [3.63, 3.8) is 0 Å². The van der Waals surface area contributed by atoms with Crippen LogP contribution in [0.3, 0.4) is 0 Å². The van der Waals surface area contributed by atoms with Crippen molar-refractivity contribution >= 4 is 5.91 Å². The molecule has 0 radical (unpaired) electrons. The van der Waals surface area contributed by atoms with Crippen molar-refractivity contribution in [3.8, 4) is 17.3 Å². The molecule has 1 saturated heterocycles. The van der Waals surface area contributed by atoms with Crippen LogP contribution in [0, 0.1) is 17.2 Å². The molecule has 2 atom stereocenters. The summed E-state index contributed by atoms with van der Waals surface area (Å²) in [6, 6.07) is 13.0. The molecule has 5 rings (SSSR count). The average Bonchev–Trinajstić information content (AvgIpc) is 3.38. The molecule has 0 N–H and O–H groups in total. The van der Waals surface area contributed by atoms with E-state index in [-0.39, 0.29) is 11.8 Å². The number of rotatable bonds is 2. The smallest absolute Gasteiger partial charge is 0.253 e. The first-order chi connectivity index (χ1) is 13.7. The van der Waals surface area contributed by atoms with Gasteiger partial charge in [0.2, 0.25) is 0 Å². The van der Waals surface area contributed by atoms with E-state index in [0.29, 0.717) is 23.6 Å². The third-order valence-corrected chi connectivity index (χ3v) is 5.91. The second-order valence-electron chi connectivity index (χ2n) is 7.44. The number of aromatic nitrogens is 3. The van der Waals surface area contributed by atoms with Crippen LogP contribution < -0.4 is 0 Å². The van der Waals surface area contributed by atoms with Crippen LogP contribution in [-0.2, 0) is 6.54 Å². The maximum absolute atomic E-state index is 12.9. The zero-order valence-corrected chi connectivity index (χ0v) is 15.3. The summed E-state index contributed by atoms with van der Waals surface area (Å²) in [5.41, 5.74) is 3.44. The Hall–Kier alpha value is -3.46. The third-order valence-electron chi connectivity index (χ3n) is 5.91. The molecular weight excluding hydrogens is 350 g/mol. The number of amides is 1. The molecule has 6 nitrogen and oxygen atoms in total. The van der Waals surface area contributed by atoms with Crippen molar-refractivity contribution in [2.75, 3.05) is 13.1 Å². The van der Waals surface area contributed by atoms with Gasteiger partial charge in [0.1, 0.15) is 5.82 Å². The third kappa shape index (κ3) is 2.67. The SMILES string of the molecule is N#Cc1ccc(C(=O)N2CC3CCn4c(-c5ccncc5)cnc4C3C2)cc1. The van der Waals surface area contributed by atoms with Crippen molar-refractivity contribution in [2.45, 2.75) is 18.9 Å². The number of fused-ring (bicyclic) bond motifs is 3. The van der Waals surface area contributed by atoms with E-state index < -0.39 is 0 Å². The molecule has 2 unspecified atom stereocenters. The lowest BCUT2D eigenvalue weighted by Crippen LogP contribution is -2.28. The van der Waals surface area contributed by atoms with Gasteiger partial charge in [-0.1, -0.05) is 0 Å². The molecule has 2 aliphatic heterocycles. The Labute approximate surface area is 163 Å². The number of benzene rings is 1. The average molecular weight is 369 g/mol. The lowest BCUT2D eigenvalue weighted by Gasteiger charge is -2.26. The maximum Gasteiger partial charge on any atom is 0.253 e. The van der Waals surface area contributed by atoms with Gasteiger partial charge in [0.25, 0.3) is 5.91 Å². The molecule has 1 aromatic carbocycles. The summed E-state index contributed by atoms with van der Waals surface area (Å²) in [7, 11) is 0. The summed E-state index contributed by atoms with van der Waals surface area (Å²) in [5, 5.41) is 8.94. The highest BCUT2D eigenvalue weighted by Crippen LogP contribution is 2.40. The number of likely N-dealkylation sites (tertiary alicyclic amines) is 1. The highest BCUT2D eigenvalue weighted by molar-refractivity contribution is 5.94. The lowest BCUT2D eigenvalue weighted by atomic mass is 9.89. The largest absolute Gasteiger partial charge is 0.338 e. The Morgan fingerprint density at radius 1 is 1.11 bits per heavy atom. The summed E-state index contributed by atoms with van der Waals surface area (Å²) >= 11 is 0. The van der Waals surface area contributed by atoms with E-state index in [1.54, 1.807) is 36.7 Å². The number of hydrogen-bond donors (Lipinski definition) is 0. The van der Waals surface area contributed by atoms with Crippen LogP contribution in [0.5, 0.6) is 0 Å². The number of hydrogen-bond acceptors (Lipinski definition) is 4. The topological polar surface area (TPSA) is 74.8 Å². The fraction of sp³-hybridized carbons (Fsp3) is 0.273. The van der Waals surface area contributed by atoms with Crippen LogP contribution in [0.15, 0.2) is 55.0 Å². The fourth-order valence-corrected chi connectivity index (χ4v) is 4.46. The van der Waals surface area contributed by atoms with Crippen molar-refractivity contribution in [3.05, 3.63) is 71.9 Å². The highest BCUT2D eigenvalue weighted by atomic mass is 16.2. The van der Waals surface area contributed by atoms with Crippen LogP contribution in [0.2, 0.25) is 0 Å². The van der Waals surface area contributed by atoms with Gasteiger partial charge in [0, 0.05) is 49.1 Å². The second-order valence-corrected chi connectivity index (χ2v) is 7.44. The predicted octanol–water partition coefficient (Wildman–Crippen LogP) is 3.08. The van der Waals surface area contributed by atoms with E-state index in [4.69, 9.17) is 10.2 Å². The van der Waals surface area contributed by atoms with Crippen LogP contribution in [-0.4, -0.2) is 38.4 Å². The van der Waals surface area contributed by atoms with Gasteiger partial charge < -0.3 is 9.47 Å². The summed E-state index contributed by atoms with van der Waals surface area (Å²) in [6.07, 6.45) is 6.59. The van der Waals surface area contributed by atoms with Gasteiger partial charge in [-0.25, -0.2) is 4.98 Å². The lowest BCUT2D eigenvalue weighted by molar-refractivity contribution is 0.0786. The van der Waals surface area contributed by atoms with Crippen molar-refractivity contribution in [1.82, 2.24) is 19.4 Å². The molecule has 4 heterocycles. The normalized spacial score (nSPS) is 20.3. The molecule has 0 aliphatic carbocycles. The Bertz CT molecular complexity index is 1060. The summed E-state index contributed by atoms with van der Waals surface area (Å²) < 4.78 is 2.30. The molecule has 2 aliphatic rings. The zero-order valence-electron chi connectivity index (χ0n) is 15.3. The molecule has 0 bridgehead atoms. The van der Waals surface area contributed by atoms with Gasteiger partial charge in [-0.2, -0.15) is 5.26 Å². The van der Waals surface area contributed by atoms with E-state index >= 15 is 0 Å². The standard InChI is InChI=1S/C22H19N5O/c23-11-15-1-3-17(4-2-15)22(28)26-13-18-7-10-27-20(16-5-8-24-9-6-16)12-25-21(27)19(18)14-26/h1-6,8-9,12,18-19H,7,10,13-14H2. The number of nitriles is 1. The Kier molecular flexibility index (Phi) is 3.94. The zero-order chi connectivity index (χ0) is 19.1. The molecule has 0 saturated carbocycles. The van der Waals surface area contributed by atoms with Crippen LogP contribution in [0.25, 0.3) is 11.3 Å². The maximum atomic E-state index is 12.9. The van der Waals surface area contributed by atoms with E-state index in [1.165, 1.54) is 0 Å². The molecule has 1 amide bonds. The van der Waals surface area contributed by atoms with Crippen molar-refractivity contribution < 1.29 is 4.79 Å². The molecule has 3 aromatic rings. The van der Waals surface area contributed by atoms with Crippen LogP contribution in [0.4, 0.5) is 0 Å². The number of carbonyl (C=O) groups is 1. The molecule has 2 aromatic heterocycles. The molecule has 1 fully saturated rings. The van der Waals surface area contributed by atoms with Crippen LogP contribution >= 0.6 is 0 Å². The van der Waals surface area contributed by atoms with Crippen LogP contribution in [0.1, 0.15) is 34.1 Å². The summed E-state index contributed by atoms with van der Waals surface area (Å²) in [5.74, 6) is 1.83. The molecule has 6 heteroatoms. The van der Waals surface area contributed by atoms with E-state index in [2.05, 4.69) is 15.6 Å². The monoisotopic (exact) mass is 369 g/mol. The van der Waals surface area contributed by atoms with Crippen molar-refractivity contribution in [2.24, 2.45) is 5.92 Å². The minimum absolute atomic E-state index is 0.0337. The minimum atomic E-state index is 0.0337. The van der Waals surface area contributed by atoms with Gasteiger partial charge in [0.05, 0.1) is 23.5 Å². The first-order valence-electron chi connectivity index (χ1n) is 9.50. The first kappa shape index (κ1) is 16.7. The quantitative estimate of drug-likeness (QED) is 0.696. The number of pyridine rings is 1. The van der Waals surface area contributed by atoms with Gasteiger partial charge in [0.15, 0.2) is 0 Å². The summed E-state index contributed by atoms with van der Waals surface area (Å²) in [6.45, 7) is 2.38. The minimum Gasteiger partial charge on any atom is -0.338 e. The van der Waals surface area contributed by atoms with Gasteiger partial charge >= 0.3 is 0 Å². The van der Waals surface area contributed by atoms with Crippen molar-refractivity contribution in [1.29, 1.82) is 5.26 Å². The number of carbonyl (C=O) groups excluding carboxylic acids is 1. The van der Waals surface area contributed by atoms with Gasteiger partial charge in [-0.3, -0.25) is 9.78 Å². The molecule has 0 spiro atoms. The van der Waals surface area contributed by atoms with E-state index in [0.717, 1.165) is 36.6 Å². The van der Waals surface area contributed by atoms with E-state index in [9.17, 15) is 4.79 Å². The predicted molar refractivity (Wildman–Crippen MR) is 103 cm³/mol. The first-order valence-corrected chi connectivity index (χ1v) is 9.50. The Morgan fingerprint density at radius 2 is 1.89 bits per heavy atom. The molecular formula is C22H19N5O. The highest BCUT2D eigenvalue weighted by Gasteiger charge is 2.41. The van der Waals surface area contributed by atoms with Gasteiger partial charge in [-0.15, -0.1) is 0 Å².